The van der Waals surface area contributed by atoms with Gasteiger partial charge in [0, 0.05) is 5.56 Å². The van der Waals surface area contributed by atoms with Crippen molar-refractivity contribution in [3.8, 4) is 0 Å². The maximum absolute atomic E-state index is 10.6. The molecule has 0 amide bonds. The SMILES string of the molecule is O=C([O-])c1cc(C(=O)O)cc(N(O)O)c1. The number of hydrogen-bond donors (Lipinski definition) is 3. The fraction of sp³-hybridized carbons (Fsp3) is 0. The van der Waals surface area contributed by atoms with Gasteiger partial charge in [-0.15, -0.1) is 5.23 Å². The number of benzene rings is 1. The lowest BCUT2D eigenvalue weighted by Crippen LogP contribution is -2.23. The predicted molar refractivity (Wildman–Crippen MR) is 43.8 cm³/mol. The molecule has 0 aliphatic carbocycles. The van der Waals surface area contributed by atoms with E-state index in [-0.39, 0.29) is 16.5 Å². The summed E-state index contributed by atoms with van der Waals surface area (Å²) in [5.41, 5.74) is -1.23. The highest BCUT2D eigenvalue weighted by Crippen LogP contribution is 2.16. The number of carbonyl (C=O) groups is 2. The number of hydrogen-bond acceptors (Lipinski definition) is 6. The minimum Gasteiger partial charge on any atom is -0.545 e. The van der Waals surface area contributed by atoms with Crippen LogP contribution in [0.1, 0.15) is 20.7 Å². The quantitative estimate of drug-likeness (QED) is 0.568. The third kappa shape index (κ3) is 2.42. The number of carbonyl (C=O) groups excluding carboxylic acids is 1. The van der Waals surface area contributed by atoms with Crippen LogP contribution in [0.3, 0.4) is 0 Å². The standard InChI is InChI=1S/C8H7NO6/c10-7(11)4-1-5(8(12)13)3-6(2-4)9(14)15/h1-3,14-15H,(H,10,11)(H,12,13)/p-1. The van der Waals surface area contributed by atoms with Crippen molar-refractivity contribution >= 4 is 17.6 Å². The van der Waals surface area contributed by atoms with Gasteiger partial charge in [-0.3, -0.25) is 10.4 Å². The molecular formula is C8H6NO6-. The third-order valence-electron chi connectivity index (χ3n) is 1.63. The topological polar surface area (TPSA) is 121 Å². The molecule has 0 spiro atoms. The molecule has 0 heterocycles. The Bertz CT molecular complexity index is 381. The lowest BCUT2D eigenvalue weighted by atomic mass is 10.1. The van der Waals surface area contributed by atoms with Crippen LogP contribution in [0.5, 0.6) is 0 Å². The van der Waals surface area contributed by atoms with Crippen molar-refractivity contribution in [2.24, 2.45) is 0 Å². The van der Waals surface area contributed by atoms with E-state index >= 15 is 0 Å². The van der Waals surface area contributed by atoms with Gasteiger partial charge in [-0.25, -0.2) is 4.79 Å². The van der Waals surface area contributed by atoms with E-state index in [1.165, 1.54) is 0 Å². The van der Waals surface area contributed by atoms with Crippen LogP contribution >= 0.6 is 0 Å². The van der Waals surface area contributed by atoms with Crippen molar-refractivity contribution in [3.05, 3.63) is 29.3 Å². The van der Waals surface area contributed by atoms with Crippen LogP contribution in [-0.2, 0) is 0 Å². The zero-order chi connectivity index (χ0) is 11.6. The summed E-state index contributed by atoms with van der Waals surface area (Å²) < 4.78 is 0. The van der Waals surface area contributed by atoms with Crippen molar-refractivity contribution in [2.45, 2.75) is 0 Å². The molecule has 0 aliphatic rings. The predicted octanol–water partition coefficient (Wildman–Crippen LogP) is -0.667. The van der Waals surface area contributed by atoms with E-state index in [0.29, 0.717) is 0 Å². The second-order valence-electron chi connectivity index (χ2n) is 2.65. The van der Waals surface area contributed by atoms with E-state index in [1.807, 2.05) is 0 Å². The van der Waals surface area contributed by atoms with Crippen molar-refractivity contribution in [2.75, 3.05) is 5.23 Å². The van der Waals surface area contributed by atoms with Crippen LogP contribution < -0.4 is 10.3 Å². The maximum Gasteiger partial charge on any atom is 0.335 e. The lowest BCUT2D eigenvalue weighted by molar-refractivity contribution is -0.255. The van der Waals surface area contributed by atoms with Gasteiger partial charge in [0.25, 0.3) is 0 Å². The van der Waals surface area contributed by atoms with Gasteiger partial charge >= 0.3 is 5.97 Å². The normalized spacial score (nSPS) is 9.73. The summed E-state index contributed by atoms with van der Waals surface area (Å²) in [7, 11) is 0. The lowest BCUT2D eigenvalue weighted by Gasteiger charge is -2.11. The van der Waals surface area contributed by atoms with Crippen LogP contribution in [-0.4, -0.2) is 27.5 Å². The highest BCUT2D eigenvalue weighted by atomic mass is 16.8. The number of aromatic carboxylic acids is 2. The van der Waals surface area contributed by atoms with Crippen molar-refractivity contribution in [1.82, 2.24) is 0 Å². The van der Waals surface area contributed by atoms with E-state index in [2.05, 4.69) is 0 Å². The first-order chi connectivity index (χ1) is 6.91. The van der Waals surface area contributed by atoms with Crippen LogP contribution in [0.2, 0.25) is 0 Å². The second-order valence-corrected chi connectivity index (χ2v) is 2.65. The molecule has 80 valence electrons. The molecule has 7 nitrogen and oxygen atoms in total. The molecule has 0 atom stereocenters. The van der Waals surface area contributed by atoms with E-state index < -0.39 is 17.5 Å². The summed E-state index contributed by atoms with van der Waals surface area (Å²) in [4.78, 5) is 21.0. The molecule has 1 aromatic rings. The first-order valence-electron chi connectivity index (χ1n) is 3.69. The molecule has 0 saturated heterocycles. The minimum atomic E-state index is -1.61. The second kappa shape index (κ2) is 3.95. The highest BCUT2D eigenvalue weighted by molar-refractivity contribution is 5.94. The zero-order valence-electron chi connectivity index (χ0n) is 7.25. The molecule has 0 radical (unpaired) electrons. The van der Waals surface area contributed by atoms with Gasteiger partial charge in [-0.2, -0.15) is 0 Å². The summed E-state index contributed by atoms with van der Waals surface area (Å²) in [6.45, 7) is 0. The first kappa shape index (κ1) is 11.0. The average molecular weight is 212 g/mol. The zero-order valence-corrected chi connectivity index (χ0v) is 7.25. The Morgan fingerprint density at radius 3 is 2.07 bits per heavy atom. The fourth-order valence-corrected chi connectivity index (χ4v) is 0.968. The Balaban J connectivity index is 3.32. The minimum absolute atomic E-state index is 0.376. The molecule has 1 rings (SSSR count). The summed E-state index contributed by atoms with van der Waals surface area (Å²) >= 11 is 0. The first-order valence-corrected chi connectivity index (χ1v) is 3.69. The summed E-state index contributed by atoms with van der Waals surface area (Å²) in [5.74, 6) is -3.00. The largest absolute Gasteiger partial charge is 0.545 e. The summed E-state index contributed by atoms with van der Waals surface area (Å²) in [6.07, 6.45) is 0. The molecule has 0 saturated carbocycles. The Hall–Kier alpha value is -2.12. The van der Waals surface area contributed by atoms with Gasteiger partial charge in [0.1, 0.15) is 0 Å². The van der Waals surface area contributed by atoms with E-state index in [4.69, 9.17) is 15.5 Å². The van der Waals surface area contributed by atoms with E-state index in [9.17, 15) is 14.7 Å². The molecule has 0 bridgehead atoms. The van der Waals surface area contributed by atoms with E-state index in [0.717, 1.165) is 18.2 Å². The van der Waals surface area contributed by atoms with Crippen molar-refractivity contribution < 1.29 is 30.2 Å². The van der Waals surface area contributed by atoms with Crippen molar-refractivity contribution in [1.29, 1.82) is 0 Å². The smallest absolute Gasteiger partial charge is 0.335 e. The number of rotatable bonds is 3. The summed E-state index contributed by atoms with van der Waals surface area (Å²) in [5, 5.41) is 35.9. The number of carboxylic acids is 2. The van der Waals surface area contributed by atoms with Gasteiger partial charge in [0.05, 0.1) is 17.2 Å². The molecule has 15 heavy (non-hydrogen) atoms. The monoisotopic (exact) mass is 212 g/mol. The molecule has 0 fully saturated rings. The average Bonchev–Trinajstić information content (AvgIpc) is 2.16. The number of nitrogens with zero attached hydrogens (tertiary/aromatic N) is 1. The fourth-order valence-electron chi connectivity index (χ4n) is 0.968. The van der Waals surface area contributed by atoms with E-state index in [1.54, 1.807) is 0 Å². The Kier molecular flexibility index (Phi) is 2.88. The van der Waals surface area contributed by atoms with Gasteiger partial charge in [0.15, 0.2) is 0 Å². The Labute approximate surface area is 83.3 Å². The molecule has 0 aromatic heterocycles. The molecule has 0 aliphatic heterocycles. The van der Waals surface area contributed by atoms with Crippen molar-refractivity contribution in [3.63, 3.8) is 0 Å². The third-order valence-corrected chi connectivity index (χ3v) is 1.63. The molecule has 0 unspecified atom stereocenters. The molecule has 7 heteroatoms. The maximum atomic E-state index is 10.6. The number of anilines is 1. The number of carboxylic acid groups (broad SMARTS) is 2. The van der Waals surface area contributed by atoms with Crippen LogP contribution in [0.15, 0.2) is 18.2 Å². The highest BCUT2D eigenvalue weighted by Gasteiger charge is 2.10. The van der Waals surface area contributed by atoms with Gasteiger partial charge in [-0.1, -0.05) is 0 Å². The van der Waals surface area contributed by atoms with Crippen LogP contribution in [0.25, 0.3) is 0 Å². The van der Waals surface area contributed by atoms with Crippen LogP contribution in [0, 0.1) is 0 Å². The van der Waals surface area contributed by atoms with Gasteiger partial charge in [-0.05, 0) is 18.2 Å². The molecular weight excluding hydrogens is 206 g/mol. The Morgan fingerprint density at radius 2 is 1.67 bits per heavy atom. The summed E-state index contributed by atoms with van der Waals surface area (Å²) in [6, 6.07) is 2.61. The van der Waals surface area contributed by atoms with Crippen LogP contribution in [0.4, 0.5) is 5.69 Å². The molecule has 3 N–H and O–H groups in total. The van der Waals surface area contributed by atoms with Gasteiger partial charge in [0.2, 0.25) is 0 Å². The van der Waals surface area contributed by atoms with Gasteiger partial charge < -0.3 is 15.0 Å². The Morgan fingerprint density at radius 1 is 1.13 bits per heavy atom. The molecule has 1 aromatic carbocycles.